The second kappa shape index (κ2) is 4.70. The van der Waals surface area contributed by atoms with Gasteiger partial charge in [0.25, 0.3) is 0 Å². The van der Waals surface area contributed by atoms with Crippen LogP contribution < -0.4 is 11.1 Å². The molecular weight excluding hydrogens is 202 g/mol. The number of hydrogen-bond acceptors (Lipinski definition) is 4. The Bertz CT molecular complexity index is 331. The SMILES string of the molecule is Nc1ccc(NC2(CO)CCCCC2)cn1. The van der Waals surface area contributed by atoms with Crippen molar-refractivity contribution in [2.75, 3.05) is 17.7 Å². The van der Waals surface area contributed by atoms with E-state index in [1.54, 1.807) is 12.3 Å². The van der Waals surface area contributed by atoms with Gasteiger partial charge in [0, 0.05) is 0 Å². The highest BCUT2D eigenvalue weighted by molar-refractivity contribution is 5.47. The second-order valence-electron chi connectivity index (χ2n) is 4.60. The van der Waals surface area contributed by atoms with E-state index in [1.165, 1.54) is 19.3 Å². The molecular formula is C12H19N3O. The van der Waals surface area contributed by atoms with E-state index in [0.717, 1.165) is 18.5 Å². The highest BCUT2D eigenvalue weighted by Gasteiger charge is 2.30. The van der Waals surface area contributed by atoms with Crippen molar-refractivity contribution in [3.63, 3.8) is 0 Å². The molecule has 0 aliphatic heterocycles. The van der Waals surface area contributed by atoms with E-state index in [1.807, 2.05) is 6.07 Å². The minimum Gasteiger partial charge on any atom is -0.394 e. The summed E-state index contributed by atoms with van der Waals surface area (Å²) in [5.41, 5.74) is 6.32. The molecule has 1 aliphatic carbocycles. The van der Waals surface area contributed by atoms with Gasteiger partial charge < -0.3 is 16.2 Å². The van der Waals surface area contributed by atoms with Crippen molar-refractivity contribution in [2.45, 2.75) is 37.6 Å². The van der Waals surface area contributed by atoms with Crippen molar-refractivity contribution in [1.82, 2.24) is 4.98 Å². The fourth-order valence-electron chi connectivity index (χ4n) is 2.34. The van der Waals surface area contributed by atoms with Gasteiger partial charge in [-0.05, 0) is 25.0 Å². The molecule has 0 saturated heterocycles. The van der Waals surface area contributed by atoms with Crippen molar-refractivity contribution in [2.24, 2.45) is 0 Å². The van der Waals surface area contributed by atoms with E-state index in [2.05, 4.69) is 10.3 Å². The average molecular weight is 221 g/mol. The number of aliphatic hydroxyl groups is 1. The molecule has 1 heterocycles. The Morgan fingerprint density at radius 2 is 2.06 bits per heavy atom. The molecule has 0 atom stereocenters. The van der Waals surface area contributed by atoms with Crippen LogP contribution >= 0.6 is 0 Å². The highest BCUT2D eigenvalue weighted by Crippen LogP contribution is 2.31. The Kier molecular flexibility index (Phi) is 3.29. The number of nitrogen functional groups attached to an aromatic ring is 1. The fourth-order valence-corrected chi connectivity index (χ4v) is 2.34. The number of nitrogens with two attached hydrogens (primary N) is 1. The molecule has 1 fully saturated rings. The summed E-state index contributed by atoms with van der Waals surface area (Å²) in [5, 5.41) is 13.0. The van der Waals surface area contributed by atoms with Gasteiger partial charge in [0.15, 0.2) is 0 Å². The van der Waals surface area contributed by atoms with E-state index in [0.29, 0.717) is 5.82 Å². The maximum Gasteiger partial charge on any atom is 0.123 e. The summed E-state index contributed by atoms with van der Waals surface area (Å²) < 4.78 is 0. The summed E-state index contributed by atoms with van der Waals surface area (Å²) in [6, 6.07) is 3.69. The van der Waals surface area contributed by atoms with Gasteiger partial charge in [0.05, 0.1) is 24.0 Å². The maximum absolute atomic E-state index is 9.55. The molecule has 88 valence electrons. The van der Waals surface area contributed by atoms with Crippen LogP contribution in [0.15, 0.2) is 18.3 Å². The topological polar surface area (TPSA) is 71.2 Å². The molecule has 1 saturated carbocycles. The predicted octanol–water partition coefficient (Wildman–Crippen LogP) is 1.77. The van der Waals surface area contributed by atoms with Gasteiger partial charge in [-0.3, -0.25) is 0 Å². The van der Waals surface area contributed by atoms with Crippen molar-refractivity contribution in [3.05, 3.63) is 18.3 Å². The van der Waals surface area contributed by atoms with Crippen LogP contribution in [-0.4, -0.2) is 22.2 Å². The molecule has 0 spiro atoms. The smallest absolute Gasteiger partial charge is 0.123 e. The van der Waals surface area contributed by atoms with Crippen molar-refractivity contribution in [1.29, 1.82) is 0 Å². The van der Waals surface area contributed by atoms with Crippen LogP contribution in [0.1, 0.15) is 32.1 Å². The van der Waals surface area contributed by atoms with E-state index in [-0.39, 0.29) is 12.1 Å². The summed E-state index contributed by atoms with van der Waals surface area (Å²) in [6.45, 7) is 0.178. The summed E-state index contributed by atoms with van der Waals surface area (Å²) >= 11 is 0. The van der Waals surface area contributed by atoms with Gasteiger partial charge in [0.2, 0.25) is 0 Å². The molecule has 0 aromatic carbocycles. The predicted molar refractivity (Wildman–Crippen MR) is 65.2 cm³/mol. The Morgan fingerprint density at radius 1 is 1.31 bits per heavy atom. The first-order valence-electron chi connectivity index (χ1n) is 5.85. The molecule has 16 heavy (non-hydrogen) atoms. The van der Waals surface area contributed by atoms with Crippen molar-refractivity contribution in [3.8, 4) is 0 Å². The number of aromatic nitrogens is 1. The summed E-state index contributed by atoms with van der Waals surface area (Å²) in [6.07, 6.45) is 7.39. The van der Waals surface area contributed by atoms with Crippen LogP contribution in [0.25, 0.3) is 0 Å². The molecule has 0 bridgehead atoms. The van der Waals surface area contributed by atoms with Gasteiger partial charge in [0.1, 0.15) is 5.82 Å². The first-order chi connectivity index (χ1) is 7.74. The number of aliphatic hydroxyl groups excluding tert-OH is 1. The lowest BCUT2D eigenvalue weighted by molar-refractivity contribution is 0.173. The second-order valence-corrected chi connectivity index (χ2v) is 4.60. The van der Waals surface area contributed by atoms with Crippen LogP contribution in [0.3, 0.4) is 0 Å². The number of nitrogens with one attached hydrogen (secondary N) is 1. The highest BCUT2D eigenvalue weighted by atomic mass is 16.3. The lowest BCUT2D eigenvalue weighted by Crippen LogP contribution is -2.43. The summed E-state index contributed by atoms with van der Waals surface area (Å²) in [7, 11) is 0. The monoisotopic (exact) mass is 221 g/mol. The van der Waals surface area contributed by atoms with Crippen LogP contribution in [-0.2, 0) is 0 Å². The lowest BCUT2D eigenvalue weighted by atomic mass is 9.82. The summed E-state index contributed by atoms with van der Waals surface area (Å²) in [5.74, 6) is 0.521. The van der Waals surface area contributed by atoms with Crippen molar-refractivity contribution < 1.29 is 5.11 Å². The molecule has 4 N–H and O–H groups in total. The molecule has 1 aromatic heterocycles. The molecule has 4 nitrogen and oxygen atoms in total. The molecule has 0 amide bonds. The quantitative estimate of drug-likeness (QED) is 0.727. The van der Waals surface area contributed by atoms with E-state index >= 15 is 0 Å². The Hall–Kier alpha value is -1.29. The third-order valence-corrected chi connectivity index (χ3v) is 3.31. The Balaban J connectivity index is 2.08. The molecule has 4 heteroatoms. The standard InChI is InChI=1S/C12H19N3O/c13-11-5-4-10(8-14-11)15-12(9-16)6-2-1-3-7-12/h4-5,8,15-16H,1-3,6-7,9H2,(H2,13,14). The third-order valence-electron chi connectivity index (χ3n) is 3.31. The third kappa shape index (κ3) is 2.44. The van der Waals surface area contributed by atoms with Crippen LogP contribution in [0, 0.1) is 0 Å². The van der Waals surface area contributed by atoms with Crippen molar-refractivity contribution >= 4 is 11.5 Å². The van der Waals surface area contributed by atoms with Gasteiger partial charge in [-0.2, -0.15) is 0 Å². The van der Waals surface area contributed by atoms with Gasteiger partial charge in [-0.1, -0.05) is 19.3 Å². The zero-order chi connectivity index (χ0) is 11.4. The minimum atomic E-state index is -0.157. The Labute approximate surface area is 95.9 Å². The van der Waals surface area contributed by atoms with Gasteiger partial charge in [-0.15, -0.1) is 0 Å². The maximum atomic E-state index is 9.55. The Morgan fingerprint density at radius 3 is 2.62 bits per heavy atom. The lowest BCUT2D eigenvalue weighted by Gasteiger charge is -2.37. The summed E-state index contributed by atoms with van der Waals surface area (Å²) in [4.78, 5) is 4.04. The average Bonchev–Trinajstić information content (AvgIpc) is 2.33. The normalized spacial score (nSPS) is 19.3. The zero-order valence-corrected chi connectivity index (χ0v) is 9.45. The van der Waals surface area contributed by atoms with Crippen LogP contribution in [0.5, 0.6) is 0 Å². The number of rotatable bonds is 3. The fraction of sp³-hybridized carbons (Fsp3) is 0.583. The van der Waals surface area contributed by atoms with E-state index in [4.69, 9.17) is 5.73 Å². The molecule has 2 rings (SSSR count). The van der Waals surface area contributed by atoms with Crippen LogP contribution in [0.4, 0.5) is 11.5 Å². The van der Waals surface area contributed by atoms with Gasteiger partial charge >= 0.3 is 0 Å². The zero-order valence-electron chi connectivity index (χ0n) is 9.45. The first kappa shape index (κ1) is 11.2. The van der Waals surface area contributed by atoms with Gasteiger partial charge in [-0.25, -0.2) is 4.98 Å². The molecule has 0 radical (unpaired) electrons. The molecule has 0 unspecified atom stereocenters. The first-order valence-corrected chi connectivity index (χ1v) is 5.85. The number of hydrogen-bond donors (Lipinski definition) is 3. The number of nitrogens with zero attached hydrogens (tertiary/aromatic N) is 1. The number of anilines is 2. The number of pyridine rings is 1. The molecule has 1 aliphatic rings. The van der Waals surface area contributed by atoms with E-state index < -0.39 is 0 Å². The van der Waals surface area contributed by atoms with E-state index in [9.17, 15) is 5.11 Å². The minimum absolute atomic E-state index is 0.157. The molecule has 1 aromatic rings. The van der Waals surface area contributed by atoms with Crippen LogP contribution in [0.2, 0.25) is 0 Å². The largest absolute Gasteiger partial charge is 0.394 e.